The number of hydrogen-bond acceptors (Lipinski definition) is 2. The average molecular weight is 340 g/mol. The highest BCUT2D eigenvalue weighted by Crippen LogP contribution is 2.32. The van der Waals surface area contributed by atoms with Crippen LogP contribution in [0.1, 0.15) is 32.7 Å². The van der Waals surface area contributed by atoms with Crippen LogP contribution in [0.2, 0.25) is 0 Å². The van der Waals surface area contributed by atoms with E-state index in [9.17, 15) is 9.90 Å². The minimum atomic E-state index is -0.350. The number of allylic oxidation sites excluding steroid dienone is 1. The van der Waals surface area contributed by atoms with Gasteiger partial charge in [0.2, 0.25) is 0 Å². The third-order valence-corrected chi connectivity index (χ3v) is 4.18. The van der Waals surface area contributed by atoms with Crippen molar-refractivity contribution in [3.8, 4) is 5.88 Å². The number of nitrogens with zero attached hydrogens (tertiary/aromatic N) is 1. The normalized spacial score (nSPS) is 13.5. The number of H-pyrrole nitrogens is 1. The van der Waals surface area contributed by atoms with Crippen LogP contribution in [-0.2, 0) is 0 Å². The Morgan fingerprint density at radius 3 is 1.96 bits per heavy atom. The molecule has 0 fully saturated rings. The van der Waals surface area contributed by atoms with Gasteiger partial charge in [-0.1, -0.05) is 72.8 Å². The van der Waals surface area contributed by atoms with E-state index in [0.29, 0.717) is 22.5 Å². The molecule has 1 aliphatic heterocycles. The molecule has 0 saturated heterocycles. The Labute approximate surface area is 150 Å². The minimum absolute atomic E-state index is 0.0463. The molecule has 1 aromatic heterocycles. The number of amides is 1. The summed E-state index contributed by atoms with van der Waals surface area (Å²) in [4.78, 5) is 19.3. The van der Waals surface area contributed by atoms with E-state index in [2.05, 4.69) is 9.98 Å². The number of aromatic nitrogens is 1. The molecule has 0 radical (unpaired) electrons. The predicted molar refractivity (Wildman–Crippen MR) is 104 cm³/mol. The van der Waals surface area contributed by atoms with E-state index < -0.39 is 0 Å². The smallest absolute Gasteiger partial charge is 0.280 e. The Morgan fingerprint density at radius 1 is 0.769 bits per heavy atom. The molecule has 0 atom stereocenters. The molecule has 1 aliphatic rings. The van der Waals surface area contributed by atoms with Gasteiger partial charge in [0.25, 0.3) is 5.91 Å². The lowest BCUT2D eigenvalue weighted by Gasteiger charge is -1.94. The molecule has 0 spiro atoms. The van der Waals surface area contributed by atoms with Crippen molar-refractivity contribution in [1.29, 1.82) is 0 Å². The highest BCUT2D eigenvalue weighted by molar-refractivity contribution is 6.28. The number of nitrogens with one attached hydrogen (secondary N) is 1. The fourth-order valence-electron chi connectivity index (χ4n) is 2.93. The van der Waals surface area contributed by atoms with Crippen molar-refractivity contribution in [2.75, 3.05) is 0 Å². The number of rotatable bonds is 4. The van der Waals surface area contributed by atoms with E-state index in [1.165, 1.54) is 0 Å². The standard InChI is InChI=1S/C22H16N2O2/c25-21-19-17(13-11-15-7-3-1-4-8-15)23-22(26)20(19)18(24-21)14-12-16-9-5-2-6-10-16/h1-14,23,26H/b13-11+,14-12+. The SMILES string of the molecule is O=C1N=C(/C=C/c2ccccc2)c2c(O)[nH]c(/C=C/c3ccccc3)c21. The van der Waals surface area contributed by atoms with Crippen LogP contribution < -0.4 is 0 Å². The van der Waals surface area contributed by atoms with Crippen LogP contribution in [-0.4, -0.2) is 21.7 Å². The molecule has 126 valence electrons. The Hall–Kier alpha value is -3.66. The van der Waals surface area contributed by atoms with Crippen molar-refractivity contribution >= 4 is 29.8 Å². The molecule has 2 heterocycles. The van der Waals surface area contributed by atoms with Crippen LogP contribution >= 0.6 is 0 Å². The molecule has 3 aromatic rings. The predicted octanol–water partition coefficient (Wildman–Crippen LogP) is 4.55. The molecule has 4 rings (SSSR count). The molecule has 1 amide bonds. The second-order valence-corrected chi connectivity index (χ2v) is 5.93. The van der Waals surface area contributed by atoms with Crippen molar-refractivity contribution in [3.05, 3.63) is 94.7 Å². The summed E-state index contributed by atoms with van der Waals surface area (Å²) in [6.45, 7) is 0. The summed E-state index contributed by atoms with van der Waals surface area (Å²) in [7, 11) is 0. The van der Waals surface area contributed by atoms with E-state index in [0.717, 1.165) is 11.1 Å². The van der Waals surface area contributed by atoms with E-state index in [1.807, 2.05) is 72.8 Å². The largest absolute Gasteiger partial charge is 0.494 e. The molecule has 0 unspecified atom stereocenters. The first kappa shape index (κ1) is 15.8. The van der Waals surface area contributed by atoms with Crippen LogP contribution in [0.25, 0.3) is 18.2 Å². The number of aromatic hydroxyl groups is 1. The summed E-state index contributed by atoms with van der Waals surface area (Å²) in [5, 5.41) is 10.3. The van der Waals surface area contributed by atoms with Gasteiger partial charge in [-0.3, -0.25) is 4.79 Å². The Bertz CT molecular complexity index is 1040. The molecule has 0 saturated carbocycles. The van der Waals surface area contributed by atoms with Gasteiger partial charge in [-0.2, -0.15) is 0 Å². The zero-order valence-corrected chi connectivity index (χ0v) is 13.9. The van der Waals surface area contributed by atoms with Crippen molar-refractivity contribution < 1.29 is 9.90 Å². The zero-order valence-electron chi connectivity index (χ0n) is 13.9. The van der Waals surface area contributed by atoms with Crippen LogP contribution in [0.4, 0.5) is 0 Å². The number of aliphatic imine (C=N–C) groups is 1. The molecule has 2 aromatic carbocycles. The van der Waals surface area contributed by atoms with Gasteiger partial charge in [-0.05, 0) is 23.3 Å². The van der Waals surface area contributed by atoms with E-state index in [-0.39, 0.29) is 11.8 Å². The Balaban J connectivity index is 1.66. The molecule has 4 heteroatoms. The lowest BCUT2D eigenvalue weighted by molar-refractivity contribution is 0.101. The van der Waals surface area contributed by atoms with E-state index in [4.69, 9.17) is 0 Å². The number of aromatic amines is 1. The van der Waals surface area contributed by atoms with Crippen molar-refractivity contribution in [1.82, 2.24) is 4.98 Å². The topological polar surface area (TPSA) is 65.4 Å². The quantitative estimate of drug-likeness (QED) is 0.732. The highest BCUT2D eigenvalue weighted by atomic mass is 16.3. The summed E-state index contributed by atoms with van der Waals surface area (Å²) < 4.78 is 0. The summed E-state index contributed by atoms with van der Waals surface area (Å²) in [6, 6.07) is 19.5. The van der Waals surface area contributed by atoms with Gasteiger partial charge >= 0.3 is 0 Å². The first-order valence-corrected chi connectivity index (χ1v) is 8.27. The van der Waals surface area contributed by atoms with Crippen molar-refractivity contribution in [2.45, 2.75) is 0 Å². The number of benzene rings is 2. The third-order valence-electron chi connectivity index (χ3n) is 4.18. The second kappa shape index (κ2) is 6.69. The maximum absolute atomic E-state index is 12.3. The van der Waals surface area contributed by atoms with Crippen LogP contribution in [0, 0.1) is 0 Å². The van der Waals surface area contributed by atoms with Crippen LogP contribution in [0.3, 0.4) is 0 Å². The monoisotopic (exact) mass is 340 g/mol. The first-order chi connectivity index (χ1) is 12.7. The Kier molecular flexibility index (Phi) is 4.07. The maximum atomic E-state index is 12.3. The fourth-order valence-corrected chi connectivity index (χ4v) is 2.93. The number of hydrogen-bond donors (Lipinski definition) is 2. The number of fused-ring (bicyclic) bond motifs is 1. The minimum Gasteiger partial charge on any atom is -0.494 e. The van der Waals surface area contributed by atoms with Crippen LogP contribution in [0.5, 0.6) is 5.88 Å². The summed E-state index contributed by atoms with van der Waals surface area (Å²) in [6.07, 6.45) is 7.28. The number of carbonyl (C=O) groups excluding carboxylic acids is 1. The lowest BCUT2D eigenvalue weighted by atomic mass is 10.1. The van der Waals surface area contributed by atoms with Gasteiger partial charge in [0.15, 0.2) is 5.88 Å². The lowest BCUT2D eigenvalue weighted by Crippen LogP contribution is -1.92. The van der Waals surface area contributed by atoms with Gasteiger partial charge in [0.05, 0.1) is 22.5 Å². The first-order valence-electron chi connectivity index (χ1n) is 8.27. The highest BCUT2D eigenvalue weighted by Gasteiger charge is 2.30. The molecule has 2 N–H and O–H groups in total. The maximum Gasteiger partial charge on any atom is 0.280 e. The summed E-state index contributed by atoms with van der Waals surface area (Å²) in [5.74, 6) is -0.396. The van der Waals surface area contributed by atoms with Crippen LogP contribution in [0.15, 0.2) is 71.7 Å². The average Bonchev–Trinajstić information content (AvgIpc) is 3.18. The molecule has 0 aliphatic carbocycles. The number of carbonyl (C=O) groups is 1. The third kappa shape index (κ3) is 3.00. The Morgan fingerprint density at radius 2 is 1.35 bits per heavy atom. The second-order valence-electron chi connectivity index (χ2n) is 5.93. The molecular formula is C22H16N2O2. The zero-order chi connectivity index (χ0) is 17.9. The van der Waals surface area contributed by atoms with Gasteiger partial charge in [0.1, 0.15) is 0 Å². The molecule has 26 heavy (non-hydrogen) atoms. The van der Waals surface area contributed by atoms with Gasteiger partial charge in [-0.15, -0.1) is 0 Å². The molecule has 0 bridgehead atoms. The molecular weight excluding hydrogens is 324 g/mol. The summed E-state index contributed by atoms with van der Waals surface area (Å²) >= 11 is 0. The van der Waals surface area contributed by atoms with Crippen molar-refractivity contribution in [2.24, 2.45) is 4.99 Å². The summed E-state index contributed by atoms with van der Waals surface area (Å²) in [5.41, 5.74) is 3.87. The van der Waals surface area contributed by atoms with E-state index >= 15 is 0 Å². The van der Waals surface area contributed by atoms with Gasteiger partial charge < -0.3 is 10.1 Å². The molecule has 4 nitrogen and oxygen atoms in total. The fraction of sp³-hybridized carbons (Fsp3) is 0. The van der Waals surface area contributed by atoms with Crippen molar-refractivity contribution in [3.63, 3.8) is 0 Å². The van der Waals surface area contributed by atoms with Gasteiger partial charge in [0, 0.05) is 0 Å². The van der Waals surface area contributed by atoms with E-state index in [1.54, 1.807) is 12.2 Å². The van der Waals surface area contributed by atoms with Gasteiger partial charge in [-0.25, -0.2) is 4.99 Å².